The molecule has 0 aromatic carbocycles. The van der Waals surface area contributed by atoms with Gasteiger partial charge < -0.3 is 10.2 Å². The van der Waals surface area contributed by atoms with Gasteiger partial charge in [0.15, 0.2) is 5.54 Å². The fourth-order valence-corrected chi connectivity index (χ4v) is 6.82. The average Bonchev–Trinajstić information content (AvgIpc) is 3.65. The van der Waals surface area contributed by atoms with Crippen molar-refractivity contribution in [3.8, 4) is 0 Å². The molecule has 1 N–H and O–H groups in total. The van der Waals surface area contributed by atoms with Gasteiger partial charge in [0.05, 0.1) is 0 Å². The number of pyridine rings is 1. The van der Waals surface area contributed by atoms with E-state index in [1.54, 1.807) is 23.7 Å². The van der Waals surface area contributed by atoms with Gasteiger partial charge in [0.1, 0.15) is 0 Å². The lowest BCUT2D eigenvalue weighted by Crippen LogP contribution is -2.54. The van der Waals surface area contributed by atoms with Crippen molar-refractivity contribution >= 4 is 29.2 Å². The smallest absolute Gasteiger partial charge is 0.325 e. The maximum atomic E-state index is 13.9. The van der Waals surface area contributed by atoms with Gasteiger partial charge in [0.25, 0.3) is 5.91 Å². The summed E-state index contributed by atoms with van der Waals surface area (Å²) in [6, 6.07) is 7.36. The Hall–Kier alpha value is -2.74. The summed E-state index contributed by atoms with van der Waals surface area (Å²) in [6.07, 6.45) is 12.1. The zero-order valence-corrected chi connectivity index (χ0v) is 21.0. The van der Waals surface area contributed by atoms with Crippen LogP contribution in [0.3, 0.4) is 0 Å². The number of carbonyl (C=O) groups excluding carboxylic acids is 3. The molecule has 5 rings (SSSR count). The summed E-state index contributed by atoms with van der Waals surface area (Å²) >= 11 is 1.63. The summed E-state index contributed by atoms with van der Waals surface area (Å²) in [6.45, 7) is 1.59. The number of nitrogens with one attached hydrogen (secondary N) is 1. The van der Waals surface area contributed by atoms with Crippen molar-refractivity contribution in [1.29, 1.82) is 0 Å². The number of aromatic nitrogens is 1. The third-order valence-corrected chi connectivity index (χ3v) is 9.05. The van der Waals surface area contributed by atoms with Crippen LogP contribution in [-0.4, -0.2) is 52.3 Å². The number of hydrogen-bond acceptors (Lipinski definition) is 5. The molecule has 2 saturated heterocycles. The molecule has 2 aliphatic heterocycles. The predicted octanol–water partition coefficient (Wildman–Crippen LogP) is 4.34. The van der Waals surface area contributed by atoms with E-state index in [-0.39, 0.29) is 23.8 Å². The van der Waals surface area contributed by atoms with Crippen LogP contribution in [0.2, 0.25) is 0 Å². The Labute approximate surface area is 210 Å². The van der Waals surface area contributed by atoms with Crippen molar-refractivity contribution in [3.63, 3.8) is 0 Å². The average molecular weight is 495 g/mol. The van der Waals surface area contributed by atoms with Crippen molar-refractivity contribution in [3.05, 3.63) is 52.5 Å². The molecule has 3 aliphatic rings. The van der Waals surface area contributed by atoms with Crippen LogP contribution in [0.1, 0.15) is 61.8 Å². The Kier molecular flexibility index (Phi) is 7.18. The third kappa shape index (κ3) is 4.85. The summed E-state index contributed by atoms with van der Waals surface area (Å²) in [5, 5.41) is 5.09. The Morgan fingerprint density at radius 1 is 1.11 bits per heavy atom. The van der Waals surface area contributed by atoms with Crippen molar-refractivity contribution in [1.82, 2.24) is 20.1 Å². The molecule has 0 radical (unpaired) electrons. The molecule has 2 aromatic heterocycles. The van der Waals surface area contributed by atoms with E-state index in [1.165, 1.54) is 30.6 Å². The van der Waals surface area contributed by atoms with Crippen LogP contribution in [0.5, 0.6) is 0 Å². The fraction of sp³-hybridized carbons (Fsp3) is 0.556. The molecule has 1 atom stereocenters. The van der Waals surface area contributed by atoms with Crippen LogP contribution >= 0.6 is 11.3 Å². The van der Waals surface area contributed by atoms with Gasteiger partial charge in [0, 0.05) is 48.9 Å². The van der Waals surface area contributed by atoms with Gasteiger partial charge in [0.2, 0.25) is 5.91 Å². The van der Waals surface area contributed by atoms with Gasteiger partial charge >= 0.3 is 6.03 Å². The summed E-state index contributed by atoms with van der Waals surface area (Å²) in [4.78, 5) is 48.6. The number of rotatable bonds is 8. The SMILES string of the molecule is O=C(CCC1CCCC1)N1CCC(C2(c3cccnc3)NC(=O)N(CCc3cccs3)C2=O)CC1. The van der Waals surface area contributed by atoms with E-state index in [0.717, 1.165) is 16.9 Å². The van der Waals surface area contributed by atoms with Gasteiger partial charge in [-0.3, -0.25) is 19.5 Å². The lowest BCUT2D eigenvalue weighted by atomic mass is 9.73. The molecule has 2 aromatic rings. The van der Waals surface area contributed by atoms with Gasteiger partial charge in [-0.05, 0) is 55.0 Å². The minimum Gasteiger partial charge on any atom is -0.343 e. The number of likely N-dealkylation sites (tertiary alicyclic amines) is 1. The number of thiophene rings is 1. The van der Waals surface area contributed by atoms with Crippen LogP contribution in [0.4, 0.5) is 4.79 Å². The number of amides is 4. The van der Waals surface area contributed by atoms with E-state index in [2.05, 4.69) is 10.3 Å². The van der Waals surface area contributed by atoms with Crippen molar-refractivity contribution in [2.45, 2.75) is 63.3 Å². The first kappa shape index (κ1) is 24.0. The van der Waals surface area contributed by atoms with Crippen molar-refractivity contribution in [2.75, 3.05) is 19.6 Å². The molecule has 1 saturated carbocycles. The van der Waals surface area contributed by atoms with Crippen molar-refractivity contribution < 1.29 is 14.4 Å². The Morgan fingerprint density at radius 2 is 1.91 bits per heavy atom. The molecule has 7 nitrogen and oxygen atoms in total. The number of urea groups is 1. The molecule has 4 heterocycles. The quantitative estimate of drug-likeness (QED) is 0.554. The molecule has 0 spiro atoms. The second kappa shape index (κ2) is 10.5. The van der Waals surface area contributed by atoms with E-state index in [0.29, 0.717) is 51.2 Å². The number of carbonyl (C=O) groups is 3. The van der Waals surface area contributed by atoms with Crippen LogP contribution < -0.4 is 5.32 Å². The fourth-order valence-electron chi connectivity index (χ4n) is 6.13. The molecule has 0 bridgehead atoms. The van der Waals surface area contributed by atoms with Gasteiger partial charge in [-0.15, -0.1) is 11.3 Å². The van der Waals surface area contributed by atoms with Crippen LogP contribution in [-0.2, 0) is 21.5 Å². The highest BCUT2D eigenvalue weighted by Crippen LogP contribution is 2.41. The van der Waals surface area contributed by atoms with E-state index >= 15 is 0 Å². The molecule has 35 heavy (non-hydrogen) atoms. The molecule has 186 valence electrons. The maximum absolute atomic E-state index is 13.9. The highest BCUT2D eigenvalue weighted by Gasteiger charge is 2.57. The highest BCUT2D eigenvalue weighted by atomic mass is 32.1. The zero-order chi connectivity index (χ0) is 24.3. The molecule has 1 aliphatic carbocycles. The first-order valence-corrected chi connectivity index (χ1v) is 13.8. The minimum atomic E-state index is -1.13. The molecule has 1 unspecified atom stereocenters. The first-order valence-electron chi connectivity index (χ1n) is 12.9. The first-order chi connectivity index (χ1) is 17.1. The van der Waals surface area contributed by atoms with Crippen molar-refractivity contribution in [2.24, 2.45) is 11.8 Å². The zero-order valence-electron chi connectivity index (χ0n) is 20.2. The van der Waals surface area contributed by atoms with Gasteiger partial charge in [-0.1, -0.05) is 37.8 Å². The van der Waals surface area contributed by atoms with E-state index in [9.17, 15) is 14.4 Å². The standard InChI is InChI=1S/C27H34N4O3S/c32-24(10-9-20-5-1-2-6-20)30-15-11-21(12-16-30)27(22-7-3-14-28-19-22)25(33)31(26(34)29-27)17-13-23-8-4-18-35-23/h3-4,7-8,14,18-21H,1-2,5-6,9-13,15-17H2,(H,29,34). The number of imide groups is 1. The Morgan fingerprint density at radius 3 is 2.60 bits per heavy atom. The summed E-state index contributed by atoms with van der Waals surface area (Å²) in [5.41, 5.74) is -0.400. The minimum absolute atomic E-state index is 0.0891. The summed E-state index contributed by atoms with van der Waals surface area (Å²) in [7, 11) is 0. The largest absolute Gasteiger partial charge is 0.343 e. The summed E-state index contributed by atoms with van der Waals surface area (Å²) in [5.74, 6) is 0.647. The van der Waals surface area contributed by atoms with Crippen LogP contribution in [0.15, 0.2) is 42.0 Å². The Bertz CT molecular complexity index is 1030. The normalized spacial score (nSPS) is 23.8. The van der Waals surface area contributed by atoms with Gasteiger partial charge in [-0.25, -0.2) is 4.79 Å². The molecular weight excluding hydrogens is 460 g/mol. The molecular formula is C27H34N4O3S. The van der Waals surface area contributed by atoms with E-state index < -0.39 is 5.54 Å². The number of nitrogens with zero attached hydrogens (tertiary/aromatic N) is 3. The van der Waals surface area contributed by atoms with Gasteiger partial charge in [-0.2, -0.15) is 0 Å². The molecule has 4 amide bonds. The third-order valence-electron chi connectivity index (χ3n) is 8.11. The summed E-state index contributed by atoms with van der Waals surface area (Å²) < 4.78 is 0. The molecule has 3 fully saturated rings. The number of piperidine rings is 1. The second-order valence-corrected chi connectivity index (χ2v) is 11.1. The predicted molar refractivity (Wildman–Crippen MR) is 135 cm³/mol. The van der Waals surface area contributed by atoms with E-state index in [4.69, 9.17) is 0 Å². The maximum Gasteiger partial charge on any atom is 0.325 e. The topological polar surface area (TPSA) is 82.6 Å². The molecule has 8 heteroatoms. The van der Waals surface area contributed by atoms with Crippen LogP contribution in [0.25, 0.3) is 0 Å². The highest BCUT2D eigenvalue weighted by molar-refractivity contribution is 7.09. The second-order valence-electron chi connectivity index (χ2n) is 10.1. The van der Waals surface area contributed by atoms with E-state index in [1.807, 2.05) is 34.5 Å². The lowest BCUT2D eigenvalue weighted by Gasteiger charge is -2.41. The lowest BCUT2D eigenvalue weighted by molar-refractivity contribution is -0.136. The monoisotopic (exact) mass is 494 g/mol. The number of hydrogen-bond donors (Lipinski definition) is 1. The Balaban J connectivity index is 1.29. The van der Waals surface area contributed by atoms with Crippen LogP contribution in [0, 0.1) is 11.8 Å².